The molecule has 186 valence electrons. The van der Waals surface area contributed by atoms with Gasteiger partial charge in [-0.25, -0.2) is 28.6 Å². The Balaban J connectivity index is 1.37. The van der Waals surface area contributed by atoms with E-state index in [-0.39, 0.29) is 29.5 Å². The van der Waals surface area contributed by atoms with Gasteiger partial charge in [-0.15, -0.1) is 0 Å². The molecule has 1 aliphatic rings. The van der Waals surface area contributed by atoms with Crippen molar-refractivity contribution in [3.63, 3.8) is 0 Å². The first-order valence-corrected chi connectivity index (χ1v) is 10.8. The second kappa shape index (κ2) is 8.36. The van der Waals surface area contributed by atoms with Crippen LogP contribution in [0.2, 0.25) is 0 Å². The fourth-order valence-electron chi connectivity index (χ4n) is 4.06. The van der Waals surface area contributed by atoms with Crippen LogP contribution in [0.25, 0.3) is 28.2 Å². The molecule has 14 heteroatoms. The number of aromatic nitrogens is 7. The highest BCUT2D eigenvalue weighted by Crippen LogP contribution is 2.35. The predicted molar refractivity (Wildman–Crippen MR) is 120 cm³/mol. The van der Waals surface area contributed by atoms with E-state index in [1.807, 2.05) is 0 Å². The number of cyclic esters (lactones) is 1. The summed E-state index contributed by atoms with van der Waals surface area (Å²) in [7, 11) is 0. The largest absolute Gasteiger partial charge is 0.446 e. The first kappa shape index (κ1) is 22.6. The molecular formula is C23H14F4N8O2. The zero-order valence-electron chi connectivity index (χ0n) is 18.5. The summed E-state index contributed by atoms with van der Waals surface area (Å²) in [5.74, 6) is -0.176. The van der Waals surface area contributed by atoms with Crippen LogP contribution in [0.5, 0.6) is 0 Å². The highest BCUT2D eigenvalue weighted by molar-refractivity contribution is 5.90. The Labute approximate surface area is 204 Å². The van der Waals surface area contributed by atoms with Crippen molar-refractivity contribution in [3.8, 4) is 22.5 Å². The van der Waals surface area contributed by atoms with Crippen LogP contribution < -0.4 is 4.90 Å². The summed E-state index contributed by atoms with van der Waals surface area (Å²) >= 11 is 0. The topological polar surface area (TPSA) is 114 Å². The third kappa shape index (κ3) is 3.91. The smallest absolute Gasteiger partial charge is 0.417 e. The number of amides is 1. The number of alkyl halides is 3. The molecule has 0 bridgehead atoms. The third-order valence-electron chi connectivity index (χ3n) is 5.87. The summed E-state index contributed by atoms with van der Waals surface area (Å²) in [5, 5.41) is 10.7. The Hall–Kier alpha value is -4.88. The summed E-state index contributed by atoms with van der Waals surface area (Å²) in [6, 6.07) is 7.31. The number of hydrogen-bond donors (Lipinski definition) is 1. The minimum absolute atomic E-state index is 0.121. The molecule has 1 amide bonds. The third-order valence-corrected chi connectivity index (χ3v) is 5.87. The first-order valence-electron chi connectivity index (χ1n) is 10.8. The molecule has 1 aliphatic heterocycles. The zero-order chi connectivity index (χ0) is 25.7. The number of nitrogens with one attached hydrogen (secondary N) is 1. The lowest BCUT2D eigenvalue weighted by Gasteiger charge is -2.20. The van der Waals surface area contributed by atoms with Crippen LogP contribution in [0, 0.1) is 5.82 Å². The van der Waals surface area contributed by atoms with Gasteiger partial charge >= 0.3 is 12.3 Å². The van der Waals surface area contributed by atoms with Crippen LogP contribution in [-0.4, -0.2) is 47.5 Å². The van der Waals surface area contributed by atoms with Gasteiger partial charge in [0.25, 0.3) is 0 Å². The van der Waals surface area contributed by atoms with E-state index in [0.717, 1.165) is 6.07 Å². The second-order valence-corrected chi connectivity index (χ2v) is 8.06. The van der Waals surface area contributed by atoms with E-state index < -0.39 is 29.7 Å². The highest BCUT2D eigenvalue weighted by atomic mass is 19.4. The number of nitrogens with zero attached hydrogens (tertiary/aromatic N) is 7. The van der Waals surface area contributed by atoms with E-state index in [0.29, 0.717) is 23.0 Å². The molecule has 1 unspecified atom stereocenters. The maximum atomic E-state index is 14.8. The number of hydrogen-bond acceptors (Lipinski definition) is 7. The standard InChI is InChI=1S/C23H14F4N8O2/c24-16-7-12(1-3-14(16)20-29-11-30-33-20)15-9-31-34-6-5-19(32-21(15)34)35-18(10-37-22(35)36)17-4-2-13(8-28-17)23(25,26)27/h1-9,11,18H,10H2,(H,29,30,33). The molecule has 1 N–H and O–H groups in total. The van der Waals surface area contributed by atoms with E-state index in [1.165, 1.54) is 46.2 Å². The van der Waals surface area contributed by atoms with E-state index in [9.17, 15) is 22.4 Å². The highest BCUT2D eigenvalue weighted by Gasteiger charge is 2.38. The van der Waals surface area contributed by atoms with E-state index in [4.69, 9.17) is 4.74 Å². The fourth-order valence-corrected chi connectivity index (χ4v) is 4.06. The number of fused-ring (bicyclic) bond motifs is 1. The lowest BCUT2D eigenvalue weighted by Crippen LogP contribution is -2.29. The van der Waals surface area contributed by atoms with Gasteiger partial charge in [-0.05, 0) is 35.9 Å². The van der Waals surface area contributed by atoms with Crippen molar-refractivity contribution in [2.75, 3.05) is 11.5 Å². The van der Waals surface area contributed by atoms with Crippen molar-refractivity contribution in [2.24, 2.45) is 0 Å². The minimum Gasteiger partial charge on any atom is -0.446 e. The zero-order valence-corrected chi connectivity index (χ0v) is 18.5. The molecule has 1 fully saturated rings. The van der Waals surface area contributed by atoms with Gasteiger partial charge < -0.3 is 4.74 Å². The fraction of sp³-hybridized carbons (Fsp3) is 0.130. The molecule has 0 spiro atoms. The molecule has 6 rings (SSSR count). The average Bonchev–Trinajstić information content (AvgIpc) is 3.63. The van der Waals surface area contributed by atoms with Crippen LogP contribution in [0.1, 0.15) is 17.3 Å². The monoisotopic (exact) mass is 510 g/mol. The molecule has 0 radical (unpaired) electrons. The van der Waals surface area contributed by atoms with Gasteiger partial charge in [-0.3, -0.25) is 10.1 Å². The van der Waals surface area contributed by atoms with Crippen molar-refractivity contribution in [3.05, 3.63) is 78.4 Å². The number of H-pyrrole nitrogens is 1. The van der Waals surface area contributed by atoms with E-state index in [2.05, 4.69) is 30.2 Å². The van der Waals surface area contributed by atoms with Crippen LogP contribution in [0.4, 0.5) is 28.2 Å². The van der Waals surface area contributed by atoms with Crippen LogP contribution >= 0.6 is 0 Å². The Bertz CT molecular complexity index is 1620. The quantitative estimate of drug-likeness (QED) is 0.356. The molecule has 0 saturated carbocycles. The summed E-state index contributed by atoms with van der Waals surface area (Å²) < 4.78 is 60.2. The van der Waals surface area contributed by atoms with Gasteiger partial charge in [0.2, 0.25) is 0 Å². The lowest BCUT2D eigenvalue weighted by atomic mass is 10.1. The van der Waals surface area contributed by atoms with E-state index in [1.54, 1.807) is 12.3 Å². The Morgan fingerprint density at radius 1 is 1.05 bits per heavy atom. The number of aromatic amines is 1. The van der Waals surface area contributed by atoms with Crippen molar-refractivity contribution < 1.29 is 27.1 Å². The molecule has 1 atom stereocenters. The predicted octanol–water partition coefficient (Wildman–Crippen LogP) is 4.43. The average molecular weight is 510 g/mol. The lowest BCUT2D eigenvalue weighted by molar-refractivity contribution is -0.137. The molecule has 0 aliphatic carbocycles. The molecule has 1 saturated heterocycles. The minimum atomic E-state index is -4.54. The molecule has 4 aromatic heterocycles. The van der Waals surface area contributed by atoms with Crippen LogP contribution in [-0.2, 0) is 10.9 Å². The molecule has 5 aromatic rings. The van der Waals surface area contributed by atoms with Gasteiger partial charge in [-0.1, -0.05) is 6.07 Å². The number of halogens is 4. The van der Waals surface area contributed by atoms with Gasteiger partial charge in [0.05, 0.1) is 23.0 Å². The first-order chi connectivity index (χ1) is 17.8. The summed E-state index contributed by atoms with van der Waals surface area (Å²) in [6.45, 7) is -0.121. The molecule has 5 heterocycles. The van der Waals surface area contributed by atoms with Crippen molar-refractivity contribution >= 4 is 17.6 Å². The number of carbonyl (C=O) groups is 1. The summed E-state index contributed by atoms with van der Waals surface area (Å²) in [6.07, 6.45) is -0.154. The number of anilines is 1. The molecule has 1 aromatic carbocycles. The Morgan fingerprint density at radius 3 is 2.62 bits per heavy atom. The van der Waals surface area contributed by atoms with Gasteiger partial charge in [0.15, 0.2) is 11.5 Å². The van der Waals surface area contributed by atoms with E-state index >= 15 is 0 Å². The molecule has 37 heavy (non-hydrogen) atoms. The normalized spacial score (nSPS) is 15.9. The Kier molecular flexibility index (Phi) is 5.10. The van der Waals surface area contributed by atoms with Crippen molar-refractivity contribution in [2.45, 2.75) is 12.2 Å². The summed E-state index contributed by atoms with van der Waals surface area (Å²) in [5.41, 5.74) is 0.792. The SMILES string of the molecule is O=C1OCC(c2ccc(C(F)(F)F)cn2)N1c1ccn2ncc(-c3ccc(-c4nc[nH]n4)c(F)c3)c2n1. The number of pyridine rings is 1. The number of benzene rings is 1. The van der Waals surface area contributed by atoms with Gasteiger partial charge in [0.1, 0.15) is 30.6 Å². The van der Waals surface area contributed by atoms with Gasteiger partial charge in [-0.2, -0.15) is 23.4 Å². The second-order valence-electron chi connectivity index (χ2n) is 8.06. The van der Waals surface area contributed by atoms with Crippen LogP contribution in [0.3, 0.4) is 0 Å². The maximum absolute atomic E-state index is 14.8. The number of ether oxygens (including phenoxy) is 1. The van der Waals surface area contributed by atoms with Crippen molar-refractivity contribution in [1.82, 2.24) is 34.8 Å². The molecular weight excluding hydrogens is 496 g/mol. The number of carbonyl (C=O) groups excluding carboxylic acids is 1. The number of rotatable bonds is 4. The summed E-state index contributed by atoms with van der Waals surface area (Å²) in [4.78, 5) is 26.2. The Morgan fingerprint density at radius 2 is 1.92 bits per heavy atom. The maximum Gasteiger partial charge on any atom is 0.417 e. The molecule has 10 nitrogen and oxygen atoms in total. The van der Waals surface area contributed by atoms with Crippen molar-refractivity contribution in [1.29, 1.82) is 0 Å². The van der Waals surface area contributed by atoms with Crippen LogP contribution in [0.15, 0.2) is 61.3 Å². The van der Waals surface area contributed by atoms with Gasteiger partial charge in [0, 0.05) is 18.0 Å².